The van der Waals surface area contributed by atoms with Gasteiger partial charge in [0, 0.05) is 16.3 Å². The molecule has 0 aliphatic rings. The van der Waals surface area contributed by atoms with Crippen molar-refractivity contribution < 1.29 is 4.79 Å². The molecule has 0 fully saturated rings. The summed E-state index contributed by atoms with van der Waals surface area (Å²) in [5.74, 6) is -0.479. The third kappa shape index (κ3) is 7.02. The number of hydrogen-bond acceptors (Lipinski definition) is 2. The highest BCUT2D eigenvalue weighted by molar-refractivity contribution is 7.80. The molecule has 27 heavy (non-hydrogen) atoms. The lowest BCUT2D eigenvalue weighted by atomic mass is 10.2. The Hall–Kier alpha value is -0.660. The van der Waals surface area contributed by atoms with Gasteiger partial charge in [0.2, 0.25) is 3.79 Å². The van der Waals surface area contributed by atoms with Gasteiger partial charge in [0.25, 0.3) is 5.91 Å². The molecule has 0 aliphatic heterocycles. The smallest absolute Gasteiger partial charge is 0.252 e. The Balaban J connectivity index is 2.07. The van der Waals surface area contributed by atoms with Gasteiger partial charge in [0.05, 0.1) is 10.0 Å². The molecule has 1 unspecified atom stereocenters. The van der Waals surface area contributed by atoms with Crippen LogP contribution in [0.5, 0.6) is 0 Å². The highest BCUT2D eigenvalue weighted by Crippen LogP contribution is 2.30. The molecular weight excluding hydrogens is 495 g/mol. The van der Waals surface area contributed by atoms with Gasteiger partial charge in [0.1, 0.15) is 6.17 Å². The Kier molecular flexibility index (Phi) is 8.13. The van der Waals surface area contributed by atoms with E-state index in [0.717, 1.165) is 0 Å². The first-order valence-electron chi connectivity index (χ1n) is 7.22. The number of hydrogen-bond donors (Lipinski definition) is 3. The summed E-state index contributed by atoms with van der Waals surface area (Å²) in [5.41, 5.74) is 0.901. The first kappa shape index (κ1) is 22.6. The lowest BCUT2D eigenvalue weighted by Crippen LogP contribution is -2.56. The van der Waals surface area contributed by atoms with Crippen molar-refractivity contribution in [2.45, 2.75) is 9.96 Å². The SMILES string of the molecule is O=C(NC(NC(=S)Nc1ccc(Cl)c(Cl)c1)C(Cl)(Cl)Cl)c1ccc(Cl)cc1. The summed E-state index contributed by atoms with van der Waals surface area (Å²) in [4.78, 5) is 12.4. The minimum atomic E-state index is -1.88. The van der Waals surface area contributed by atoms with Crippen molar-refractivity contribution >= 4 is 98.5 Å². The van der Waals surface area contributed by atoms with Crippen LogP contribution in [0.15, 0.2) is 42.5 Å². The highest BCUT2D eigenvalue weighted by Gasteiger charge is 2.34. The number of carbonyl (C=O) groups excluding carboxylic acids is 1. The molecule has 2 aromatic carbocycles. The van der Waals surface area contributed by atoms with Gasteiger partial charge >= 0.3 is 0 Å². The van der Waals surface area contributed by atoms with Crippen LogP contribution >= 0.6 is 81.8 Å². The largest absolute Gasteiger partial charge is 0.339 e. The van der Waals surface area contributed by atoms with Crippen LogP contribution in [0.1, 0.15) is 10.4 Å². The number of amides is 1. The summed E-state index contributed by atoms with van der Waals surface area (Å²) in [6.07, 6.45) is -1.12. The zero-order chi connectivity index (χ0) is 20.2. The van der Waals surface area contributed by atoms with Gasteiger partial charge in [-0.25, -0.2) is 0 Å². The van der Waals surface area contributed by atoms with E-state index in [2.05, 4.69) is 16.0 Å². The van der Waals surface area contributed by atoms with Crippen molar-refractivity contribution in [3.63, 3.8) is 0 Å². The fourth-order valence-corrected chi connectivity index (χ4v) is 2.87. The number of anilines is 1. The predicted molar refractivity (Wildman–Crippen MR) is 119 cm³/mol. The van der Waals surface area contributed by atoms with Crippen LogP contribution in [0, 0.1) is 0 Å². The molecular formula is C16H11Cl6N3OS. The van der Waals surface area contributed by atoms with Crippen molar-refractivity contribution in [3.8, 4) is 0 Å². The predicted octanol–water partition coefficient (Wildman–Crippen LogP) is 6.06. The van der Waals surface area contributed by atoms with Crippen LogP contribution in [-0.2, 0) is 0 Å². The molecule has 0 radical (unpaired) electrons. The van der Waals surface area contributed by atoms with Crippen molar-refractivity contribution in [2.24, 2.45) is 0 Å². The summed E-state index contributed by atoms with van der Waals surface area (Å²) in [5, 5.41) is 9.51. The first-order chi connectivity index (χ1) is 12.6. The van der Waals surface area contributed by atoms with Gasteiger partial charge in [0.15, 0.2) is 5.11 Å². The van der Waals surface area contributed by atoms with E-state index in [0.29, 0.717) is 26.3 Å². The monoisotopic (exact) mass is 503 g/mol. The lowest BCUT2D eigenvalue weighted by Gasteiger charge is -2.27. The van der Waals surface area contributed by atoms with E-state index in [1.807, 2.05) is 0 Å². The molecule has 144 valence electrons. The zero-order valence-corrected chi connectivity index (χ0v) is 18.6. The second-order valence-electron chi connectivity index (χ2n) is 5.18. The minimum absolute atomic E-state index is 0.0983. The molecule has 0 saturated heterocycles. The van der Waals surface area contributed by atoms with E-state index < -0.39 is 15.9 Å². The Labute approximate surface area is 191 Å². The van der Waals surface area contributed by atoms with Gasteiger partial charge in [-0.2, -0.15) is 0 Å². The highest BCUT2D eigenvalue weighted by atomic mass is 35.6. The summed E-state index contributed by atoms with van der Waals surface area (Å²) < 4.78 is -1.88. The molecule has 0 spiro atoms. The molecule has 1 atom stereocenters. The maximum absolute atomic E-state index is 12.4. The fraction of sp³-hybridized carbons (Fsp3) is 0.125. The summed E-state index contributed by atoms with van der Waals surface area (Å²) in [7, 11) is 0. The number of alkyl halides is 3. The lowest BCUT2D eigenvalue weighted by molar-refractivity contribution is 0.0934. The van der Waals surface area contributed by atoms with Crippen LogP contribution in [0.25, 0.3) is 0 Å². The Morgan fingerprint density at radius 1 is 0.926 bits per heavy atom. The summed E-state index contributed by atoms with van der Waals surface area (Å²) >= 11 is 40.7. The maximum Gasteiger partial charge on any atom is 0.252 e. The second kappa shape index (κ2) is 9.70. The molecule has 0 heterocycles. The van der Waals surface area contributed by atoms with Gasteiger partial charge in [-0.1, -0.05) is 69.6 Å². The normalized spacial score (nSPS) is 12.2. The topological polar surface area (TPSA) is 53.2 Å². The first-order valence-corrected chi connectivity index (χ1v) is 9.89. The fourth-order valence-electron chi connectivity index (χ4n) is 1.89. The standard InChI is InChI=1S/C16H11Cl6N3OS/c17-9-3-1-8(2-4-9)13(26)24-14(16(20,21)22)25-15(27)23-10-5-6-11(18)12(19)7-10/h1-7,14H,(H,24,26)(H2,23,25,27). The molecule has 1 amide bonds. The molecule has 0 aliphatic carbocycles. The maximum atomic E-state index is 12.4. The van der Waals surface area contributed by atoms with Crippen molar-refractivity contribution in [2.75, 3.05) is 5.32 Å². The van der Waals surface area contributed by atoms with Gasteiger partial charge < -0.3 is 16.0 Å². The minimum Gasteiger partial charge on any atom is -0.339 e. The molecule has 0 saturated carbocycles. The number of thiocarbonyl (C=S) groups is 1. The summed E-state index contributed by atoms with van der Waals surface area (Å²) in [6.45, 7) is 0. The molecule has 2 aromatic rings. The average Bonchev–Trinajstić information content (AvgIpc) is 2.57. The van der Waals surface area contributed by atoms with Gasteiger partial charge in [-0.3, -0.25) is 4.79 Å². The van der Waals surface area contributed by atoms with Crippen molar-refractivity contribution in [1.29, 1.82) is 0 Å². The molecule has 3 N–H and O–H groups in total. The third-order valence-electron chi connectivity index (χ3n) is 3.16. The Morgan fingerprint density at radius 3 is 2.11 bits per heavy atom. The van der Waals surface area contributed by atoms with Crippen LogP contribution in [-0.4, -0.2) is 21.0 Å². The molecule has 0 aromatic heterocycles. The number of carbonyl (C=O) groups is 1. The van der Waals surface area contributed by atoms with Gasteiger partial charge in [-0.15, -0.1) is 0 Å². The molecule has 2 rings (SSSR count). The van der Waals surface area contributed by atoms with E-state index >= 15 is 0 Å². The quantitative estimate of drug-likeness (QED) is 0.268. The van der Waals surface area contributed by atoms with Crippen LogP contribution in [0.2, 0.25) is 15.1 Å². The van der Waals surface area contributed by atoms with E-state index in [1.165, 1.54) is 0 Å². The Bertz CT molecular complexity index is 841. The second-order valence-corrected chi connectivity index (χ2v) is 9.21. The molecule has 4 nitrogen and oxygen atoms in total. The van der Waals surface area contributed by atoms with Crippen LogP contribution < -0.4 is 16.0 Å². The van der Waals surface area contributed by atoms with E-state index in [9.17, 15) is 4.79 Å². The van der Waals surface area contributed by atoms with E-state index in [1.54, 1.807) is 42.5 Å². The van der Waals surface area contributed by atoms with Gasteiger partial charge in [-0.05, 0) is 54.7 Å². The third-order valence-corrected chi connectivity index (χ3v) is 5.03. The van der Waals surface area contributed by atoms with Crippen LogP contribution in [0.3, 0.4) is 0 Å². The number of rotatable bonds is 4. The van der Waals surface area contributed by atoms with E-state index in [4.69, 9.17) is 81.8 Å². The van der Waals surface area contributed by atoms with E-state index in [-0.39, 0.29) is 5.11 Å². The van der Waals surface area contributed by atoms with Crippen molar-refractivity contribution in [1.82, 2.24) is 10.6 Å². The van der Waals surface area contributed by atoms with Crippen LogP contribution in [0.4, 0.5) is 5.69 Å². The number of nitrogens with one attached hydrogen (secondary N) is 3. The summed E-state index contributed by atoms with van der Waals surface area (Å²) in [6, 6.07) is 11.1. The molecule has 0 bridgehead atoms. The molecule has 11 heteroatoms. The zero-order valence-electron chi connectivity index (χ0n) is 13.2. The average molecular weight is 506 g/mol. The van der Waals surface area contributed by atoms with Crippen molar-refractivity contribution in [3.05, 3.63) is 63.1 Å². The Morgan fingerprint density at radius 2 is 1.56 bits per heavy atom. The number of halogens is 6. The number of benzene rings is 2.